The Balaban J connectivity index is -0.000000350. The van der Waals surface area contributed by atoms with Crippen molar-refractivity contribution in [3.05, 3.63) is 53.6 Å². The maximum Gasteiger partial charge on any atom is 1.00 e. The van der Waals surface area contributed by atoms with Crippen molar-refractivity contribution >= 4 is 11.9 Å². The van der Waals surface area contributed by atoms with E-state index in [1.54, 1.807) is 0 Å². The van der Waals surface area contributed by atoms with Crippen LogP contribution in [0.15, 0.2) is 42.5 Å². The normalized spacial score (nSPS) is 8.20. The van der Waals surface area contributed by atoms with E-state index in [9.17, 15) is 19.8 Å². The molecule has 0 aromatic heterocycles. The molecule has 7 nitrogen and oxygen atoms in total. The Hall–Kier alpha value is -0.220. The van der Waals surface area contributed by atoms with Crippen LogP contribution in [0.4, 0.5) is 0 Å². The van der Waals surface area contributed by atoms with Crippen molar-refractivity contribution in [2.75, 3.05) is 7.11 Å². The van der Waals surface area contributed by atoms with Gasteiger partial charge in [-0.3, -0.25) is 0 Å². The number of rotatable bonds is 3. The van der Waals surface area contributed by atoms with Crippen LogP contribution in [-0.2, 0) is 0 Å². The molecule has 2 aromatic rings. The summed E-state index contributed by atoms with van der Waals surface area (Å²) in [5.74, 6) is -3.00. The second kappa shape index (κ2) is 14.9. The van der Waals surface area contributed by atoms with Crippen molar-refractivity contribution in [3.63, 3.8) is 0 Å². The molecule has 0 heterocycles. The van der Waals surface area contributed by atoms with Crippen LogP contribution >= 0.6 is 0 Å². The van der Waals surface area contributed by atoms with Crippen molar-refractivity contribution in [1.29, 1.82) is 0 Å². The van der Waals surface area contributed by atoms with Crippen LogP contribution in [0.3, 0.4) is 0 Å². The van der Waals surface area contributed by atoms with Crippen LogP contribution in [0, 0.1) is 0 Å². The Morgan fingerprint density at radius 2 is 1.32 bits per heavy atom. The molecular formula is C15H12Na3O7+. The molecule has 0 unspecified atom stereocenters. The topological polar surface area (TPSA) is 130 Å². The summed E-state index contributed by atoms with van der Waals surface area (Å²) in [6, 6.07) is 9.33. The molecular weight excluding hydrogens is 361 g/mol. The summed E-state index contributed by atoms with van der Waals surface area (Å²) >= 11 is 0. The zero-order chi connectivity index (χ0) is 16.7. The van der Waals surface area contributed by atoms with Gasteiger partial charge in [-0.2, -0.15) is 0 Å². The number of aromatic carboxylic acids is 2. The third kappa shape index (κ3) is 9.89. The van der Waals surface area contributed by atoms with Crippen molar-refractivity contribution in [2.24, 2.45) is 0 Å². The van der Waals surface area contributed by atoms with Gasteiger partial charge in [-0.05, 0) is 18.2 Å². The fourth-order valence-electron chi connectivity index (χ4n) is 1.45. The fourth-order valence-corrected chi connectivity index (χ4v) is 1.45. The van der Waals surface area contributed by atoms with Crippen molar-refractivity contribution < 1.29 is 123 Å². The van der Waals surface area contributed by atoms with Gasteiger partial charge >= 0.3 is 101 Å². The minimum Gasteiger partial charge on any atom is -0.872 e. The summed E-state index contributed by atoms with van der Waals surface area (Å²) in [5.41, 5.74) is -0.447. The molecule has 25 heavy (non-hydrogen) atoms. The third-order valence-electron chi connectivity index (χ3n) is 2.53. The third-order valence-corrected chi connectivity index (χ3v) is 2.53. The number of carboxylic acid groups (broad SMARTS) is 2. The number of hydrogen-bond acceptors (Lipinski definition) is 5. The van der Waals surface area contributed by atoms with Crippen LogP contribution in [0.5, 0.6) is 17.2 Å². The van der Waals surface area contributed by atoms with E-state index in [0.717, 1.165) is 0 Å². The first-order chi connectivity index (χ1) is 10.4. The summed E-state index contributed by atoms with van der Waals surface area (Å²) in [6.45, 7) is 0. The zero-order valence-electron chi connectivity index (χ0n) is 14.5. The Labute approximate surface area is 210 Å². The van der Waals surface area contributed by atoms with Gasteiger partial charge in [0.15, 0.2) is 0 Å². The molecule has 0 aliphatic heterocycles. The predicted molar refractivity (Wildman–Crippen MR) is 72.2 cm³/mol. The van der Waals surface area contributed by atoms with Gasteiger partial charge < -0.3 is 25.2 Å². The predicted octanol–water partition coefficient (Wildman–Crippen LogP) is -8.06. The summed E-state index contributed by atoms with van der Waals surface area (Å²) < 4.78 is 4.76. The molecule has 0 spiro atoms. The maximum absolute atomic E-state index is 10.9. The second-order valence-corrected chi connectivity index (χ2v) is 3.97. The average molecular weight is 373 g/mol. The van der Waals surface area contributed by atoms with Crippen molar-refractivity contribution in [3.8, 4) is 17.2 Å². The van der Waals surface area contributed by atoms with Crippen molar-refractivity contribution in [2.45, 2.75) is 0 Å². The first-order valence-corrected chi connectivity index (χ1v) is 5.94. The molecule has 0 saturated heterocycles. The van der Waals surface area contributed by atoms with Gasteiger partial charge in [-0.1, -0.05) is 35.8 Å². The number of para-hydroxylation sites is 1. The molecule has 0 amide bonds. The summed E-state index contributed by atoms with van der Waals surface area (Å²) in [6.07, 6.45) is 0. The Morgan fingerprint density at radius 1 is 0.840 bits per heavy atom. The monoisotopic (exact) mass is 373 g/mol. The van der Waals surface area contributed by atoms with Gasteiger partial charge in [0.25, 0.3) is 0 Å². The maximum atomic E-state index is 10.9. The fraction of sp³-hybridized carbons (Fsp3) is 0.0667. The summed E-state index contributed by atoms with van der Waals surface area (Å²) in [4.78, 5) is 20.7. The van der Waals surface area contributed by atoms with E-state index in [1.807, 2.05) is 0 Å². The van der Waals surface area contributed by atoms with Crippen LogP contribution in [0.25, 0.3) is 0 Å². The van der Waals surface area contributed by atoms with Gasteiger partial charge in [-0.25, -0.2) is 9.59 Å². The number of hydrogen-bond donors (Lipinski definition) is 2. The Morgan fingerprint density at radius 3 is 1.72 bits per heavy atom. The van der Waals surface area contributed by atoms with E-state index in [4.69, 9.17) is 14.9 Å². The van der Waals surface area contributed by atoms with Crippen molar-refractivity contribution in [1.82, 2.24) is 0 Å². The molecule has 10 heteroatoms. The number of methoxy groups -OCH3 is 1. The van der Waals surface area contributed by atoms with E-state index in [2.05, 4.69) is 0 Å². The molecule has 0 atom stereocenters. The molecule has 0 aliphatic carbocycles. The molecule has 116 valence electrons. The first-order valence-electron chi connectivity index (χ1n) is 5.94. The van der Waals surface area contributed by atoms with Gasteiger partial charge in [-0.15, -0.1) is 0 Å². The smallest absolute Gasteiger partial charge is 0.872 e. The summed E-state index contributed by atoms with van der Waals surface area (Å²) in [7, 11) is 1.41. The van der Waals surface area contributed by atoms with E-state index >= 15 is 0 Å². The zero-order valence-corrected chi connectivity index (χ0v) is 20.5. The van der Waals surface area contributed by atoms with E-state index in [1.165, 1.54) is 49.6 Å². The van der Waals surface area contributed by atoms with Gasteiger partial charge in [0.2, 0.25) is 0 Å². The standard InChI is InChI=1S/C8H8O4.C7H6O3.3Na/c1-12-5-2-3-7(9)6(4-5)8(10)11;8-6-4-2-1-3-5(6)7(9)10;;;/h2-4,9H,1H3,(H,10,11);1-4,8H,(H,9,10);;;/q;;3*+1/p-2. The largest absolute Gasteiger partial charge is 1.00 e. The second-order valence-electron chi connectivity index (χ2n) is 3.97. The van der Waals surface area contributed by atoms with E-state index < -0.39 is 23.4 Å². The van der Waals surface area contributed by atoms with Crippen LogP contribution < -0.4 is 104 Å². The average Bonchev–Trinajstić information content (AvgIpc) is 2.48. The Kier molecular flexibility index (Phi) is 17.6. The molecule has 0 bridgehead atoms. The van der Waals surface area contributed by atoms with Gasteiger partial charge in [0, 0.05) is 0 Å². The molecule has 2 rings (SSSR count). The number of benzene rings is 2. The van der Waals surface area contributed by atoms with Crippen LogP contribution in [-0.4, -0.2) is 29.3 Å². The SMILES string of the molecule is COc1ccc([O-])c(C(=O)O)c1.O=C(O)c1ccccc1[O-].[Na+].[Na+].[Na+]. The minimum atomic E-state index is -1.24. The van der Waals surface area contributed by atoms with Crippen LogP contribution in [0.1, 0.15) is 20.7 Å². The minimum absolute atomic E-state index is 0. The molecule has 2 aromatic carbocycles. The molecule has 2 N–H and O–H groups in total. The quantitative estimate of drug-likeness (QED) is 0.511. The molecule has 0 fully saturated rings. The Bertz CT molecular complexity index is 693. The molecule has 0 saturated carbocycles. The number of carboxylic acids is 2. The molecule has 0 aliphatic rings. The summed E-state index contributed by atoms with van der Waals surface area (Å²) in [5, 5.41) is 38.5. The molecule has 0 radical (unpaired) electrons. The van der Waals surface area contributed by atoms with Crippen LogP contribution in [0.2, 0.25) is 0 Å². The van der Waals surface area contributed by atoms with Gasteiger partial charge in [0.05, 0.1) is 18.2 Å². The number of ether oxygens (including phenoxy) is 1. The van der Waals surface area contributed by atoms with E-state index in [-0.39, 0.29) is 99.8 Å². The number of carbonyl (C=O) groups is 2. The van der Waals surface area contributed by atoms with Gasteiger partial charge in [0.1, 0.15) is 5.75 Å². The van der Waals surface area contributed by atoms with E-state index in [0.29, 0.717) is 5.75 Å². The first kappa shape index (κ1) is 29.5.